The highest BCUT2D eigenvalue weighted by Gasteiger charge is 2.47. The lowest BCUT2D eigenvalue weighted by Gasteiger charge is -2.27. The van der Waals surface area contributed by atoms with Crippen LogP contribution in [0.4, 0.5) is 5.69 Å². The lowest BCUT2D eigenvalue weighted by atomic mass is 9.94. The molecule has 3 aromatic carbocycles. The van der Waals surface area contributed by atoms with Gasteiger partial charge in [-0.15, -0.1) is 0 Å². The maximum atomic E-state index is 13.3. The van der Waals surface area contributed by atoms with Gasteiger partial charge in [-0.3, -0.25) is 14.5 Å². The number of benzene rings is 3. The number of carbonyl (C=O) groups is 2. The predicted octanol–water partition coefficient (Wildman–Crippen LogP) is 5.70. The van der Waals surface area contributed by atoms with E-state index in [4.69, 9.17) is 4.74 Å². The van der Waals surface area contributed by atoms with Crippen LogP contribution in [0.2, 0.25) is 0 Å². The summed E-state index contributed by atoms with van der Waals surface area (Å²) in [7, 11) is 1.56. The second-order valence-corrected chi connectivity index (χ2v) is 8.55. The van der Waals surface area contributed by atoms with E-state index in [1.54, 1.807) is 43.5 Å². The molecule has 1 unspecified atom stereocenters. The van der Waals surface area contributed by atoms with E-state index < -0.39 is 17.7 Å². The van der Waals surface area contributed by atoms with Crippen molar-refractivity contribution in [1.29, 1.82) is 0 Å². The van der Waals surface area contributed by atoms with Crippen molar-refractivity contribution in [2.75, 3.05) is 12.0 Å². The number of carbonyl (C=O) groups excluding carboxylic acids is 2. The highest BCUT2D eigenvalue weighted by molar-refractivity contribution is 9.10. The zero-order valence-corrected chi connectivity index (χ0v) is 19.5. The molecule has 0 saturated carbocycles. The number of para-hydroxylation sites is 1. The number of aliphatic hydroxyl groups excluding tert-OH is 1. The second-order valence-electron chi connectivity index (χ2n) is 7.70. The summed E-state index contributed by atoms with van der Waals surface area (Å²) in [5.41, 5.74) is 3.56. The van der Waals surface area contributed by atoms with Crippen molar-refractivity contribution in [3.8, 4) is 5.75 Å². The molecule has 1 heterocycles. The third-order valence-electron chi connectivity index (χ3n) is 5.66. The van der Waals surface area contributed by atoms with Gasteiger partial charge in [0.1, 0.15) is 11.5 Å². The highest BCUT2D eigenvalue weighted by atomic mass is 79.9. The van der Waals surface area contributed by atoms with E-state index in [1.807, 2.05) is 44.2 Å². The van der Waals surface area contributed by atoms with Gasteiger partial charge in [0.2, 0.25) is 0 Å². The number of rotatable bonds is 4. The monoisotopic (exact) mass is 491 g/mol. The number of ketones is 1. The Kier molecular flexibility index (Phi) is 5.89. The fraction of sp³-hybridized carbons (Fsp3) is 0.154. The van der Waals surface area contributed by atoms with E-state index in [-0.39, 0.29) is 11.3 Å². The van der Waals surface area contributed by atoms with E-state index in [0.717, 1.165) is 15.6 Å². The van der Waals surface area contributed by atoms with Crippen molar-refractivity contribution in [1.82, 2.24) is 0 Å². The Bertz CT molecular complexity index is 1260. The highest BCUT2D eigenvalue weighted by Crippen LogP contribution is 2.43. The molecule has 1 saturated heterocycles. The summed E-state index contributed by atoms with van der Waals surface area (Å²) in [5, 5.41) is 11.2. The van der Waals surface area contributed by atoms with Gasteiger partial charge in [-0.25, -0.2) is 0 Å². The van der Waals surface area contributed by atoms with E-state index in [0.29, 0.717) is 22.6 Å². The Labute approximate surface area is 195 Å². The Balaban J connectivity index is 1.99. The molecule has 0 radical (unpaired) electrons. The zero-order chi connectivity index (χ0) is 23.0. The van der Waals surface area contributed by atoms with Crippen molar-refractivity contribution < 1.29 is 19.4 Å². The van der Waals surface area contributed by atoms with Crippen LogP contribution in [-0.4, -0.2) is 23.9 Å². The first-order chi connectivity index (χ1) is 15.3. The normalized spacial score (nSPS) is 17.6. The van der Waals surface area contributed by atoms with Gasteiger partial charge in [-0.05, 0) is 60.9 Å². The predicted molar refractivity (Wildman–Crippen MR) is 128 cm³/mol. The third kappa shape index (κ3) is 3.71. The van der Waals surface area contributed by atoms with Gasteiger partial charge < -0.3 is 9.84 Å². The van der Waals surface area contributed by atoms with Gasteiger partial charge in [-0.2, -0.15) is 0 Å². The number of aliphatic hydroxyl groups is 1. The third-order valence-corrected chi connectivity index (χ3v) is 6.55. The van der Waals surface area contributed by atoms with Gasteiger partial charge in [0.25, 0.3) is 11.7 Å². The maximum Gasteiger partial charge on any atom is 0.300 e. The lowest BCUT2D eigenvalue weighted by molar-refractivity contribution is -0.132. The first-order valence-corrected chi connectivity index (χ1v) is 10.9. The summed E-state index contributed by atoms with van der Waals surface area (Å²) in [6.45, 7) is 3.78. The van der Waals surface area contributed by atoms with Crippen molar-refractivity contribution >= 4 is 39.1 Å². The number of aryl methyl sites for hydroxylation is 2. The van der Waals surface area contributed by atoms with Crippen LogP contribution >= 0.6 is 15.9 Å². The topological polar surface area (TPSA) is 66.8 Å². The molecule has 3 aromatic rings. The number of amides is 1. The molecule has 0 spiro atoms. The van der Waals surface area contributed by atoms with E-state index in [1.165, 1.54) is 4.90 Å². The zero-order valence-electron chi connectivity index (χ0n) is 17.9. The summed E-state index contributed by atoms with van der Waals surface area (Å²) in [6.07, 6.45) is 0. The van der Waals surface area contributed by atoms with Crippen LogP contribution in [0.3, 0.4) is 0 Å². The molecule has 5 nitrogen and oxygen atoms in total. The Morgan fingerprint density at radius 3 is 2.41 bits per heavy atom. The van der Waals surface area contributed by atoms with Gasteiger partial charge in [0, 0.05) is 15.7 Å². The van der Waals surface area contributed by atoms with Crippen molar-refractivity contribution in [3.05, 3.63) is 99.0 Å². The average Bonchev–Trinajstić information content (AvgIpc) is 3.06. The molecular weight excluding hydrogens is 470 g/mol. The Hall–Kier alpha value is -3.38. The number of nitrogens with zero attached hydrogens (tertiary/aromatic N) is 1. The molecule has 1 aliphatic rings. The molecule has 1 atom stereocenters. The quantitative estimate of drug-likeness (QED) is 0.288. The SMILES string of the molecule is COc1cccc(C2/C(=C(/O)c3ccc(Br)c(C)c3)C(=O)C(=O)N2c2ccccc2C)c1. The number of ether oxygens (including phenoxy) is 1. The minimum absolute atomic E-state index is 0.0493. The van der Waals surface area contributed by atoms with E-state index in [9.17, 15) is 14.7 Å². The van der Waals surface area contributed by atoms with Gasteiger partial charge in [0.05, 0.1) is 18.7 Å². The largest absolute Gasteiger partial charge is 0.507 e. The molecule has 0 aliphatic carbocycles. The smallest absolute Gasteiger partial charge is 0.300 e. The molecule has 4 rings (SSSR count). The van der Waals surface area contributed by atoms with Crippen LogP contribution in [0.25, 0.3) is 5.76 Å². The number of methoxy groups -OCH3 is 1. The fourth-order valence-corrected chi connectivity index (χ4v) is 4.24. The maximum absolute atomic E-state index is 13.3. The summed E-state index contributed by atoms with van der Waals surface area (Å²) in [4.78, 5) is 28.0. The molecule has 0 aromatic heterocycles. The molecule has 1 N–H and O–H groups in total. The molecule has 32 heavy (non-hydrogen) atoms. The minimum atomic E-state index is -0.796. The number of hydrogen-bond acceptors (Lipinski definition) is 4. The molecule has 0 bridgehead atoms. The van der Waals surface area contributed by atoms with E-state index in [2.05, 4.69) is 15.9 Å². The molecule has 1 amide bonds. The van der Waals surface area contributed by atoms with Crippen LogP contribution in [0.1, 0.15) is 28.3 Å². The van der Waals surface area contributed by atoms with Crippen LogP contribution in [0, 0.1) is 13.8 Å². The second kappa shape index (κ2) is 8.63. The minimum Gasteiger partial charge on any atom is -0.507 e. The average molecular weight is 492 g/mol. The van der Waals surface area contributed by atoms with Crippen molar-refractivity contribution in [2.24, 2.45) is 0 Å². The van der Waals surface area contributed by atoms with Crippen LogP contribution in [0.5, 0.6) is 5.75 Å². The number of halogens is 1. The Morgan fingerprint density at radius 2 is 1.72 bits per heavy atom. The van der Waals surface area contributed by atoms with Crippen molar-refractivity contribution in [3.63, 3.8) is 0 Å². The van der Waals surface area contributed by atoms with Gasteiger partial charge in [0.15, 0.2) is 0 Å². The summed E-state index contributed by atoms with van der Waals surface area (Å²) < 4.78 is 6.26. The lowest BCUT2D eigenvalue weighted by Crippen LogP contribution is -2.30. The van der Waals surface area contributed by atoms with Gasteiger partial charge in [-0.1, -0.05) is 52.3 Å². The van der Waals surface area contributed by atoms with Gasteiger partial charge >= 0.3 is 0 Å². The first-order valence-electron chi connectivity index (χ1n) is 10.1. The first kappa shape index (κ1) is 21.8. The Morgan fingerprint density at radius 1 is 0.969 bits per heavy atom. The summed E-state index contributed by atoms with van der Waals surface area (Å²) in [6, 6.07) is 19.1. The molecule has 6 heteroatoms. The summed E-state index contributed by atoms with van der Waals surface area (Å²) >= 11 is 3.46. The number of anilines is 1. The summed E-state index contributed by atoms with van der Waals surface area (Å²) in [5.74, 6) is -1.01. The molecule has 1 aliphatic heterocycles. The number of Topliss-reactive ketones (excluding diaryl/α,β-unsaturated/α-hetero) is 1. The van der Waals surface area contributed by atoms with Crippen molar-refractivity contribution in [2.45, 2.75) is 19.9 Å². The van der Waals surface area contributed by atoms with Crippen LogP contribution < -0.4 is 9.64 Å². The standard InChI is InChI=1S/C26H22BrNO4/c1-15-7-4-5-10-21(15)28-23(17-8-6-9-19(14-17)32-3)22(25(30)26(28)31)24(29)18-11-12-20(27)16(2)13-18/h4-14,23,29H,1-3H3/b24-22-. The number of hydrogen-bond donors (Lipinski definition) is 1. The molecule has 162 valence electrons. The van der Waals surface area contributed by atoms with Crippen LogP contribution in [0.15, 0.2) is 76.8 Å². The van der Waals surface area contributed by atoms with Crippen LogP contribution in [-0.2, 0) is 9.59 Å². The molecular formula is C26H22BrNO4. The van der Waals surface area contributed by atoms with E-state index >= 15 is 0 Å². The molecule has 1 fully saturated rings. The fourth-order valence-electron chi connectivity index (χ4n) is 3.99.